The molecule has 1 saturated heterocycles. The van der Waals surface area contributed by atoms with Crippen LogP contribution in [0, 0.1) is 24.2 Å². The predicted molar refractivity (Wildman–Crippen MR) is 110 cm³/mol. The first-order chi connectivity index (χ1) is 13.1. The van der Waals surface area contributed by atoms with E-state index < -0.39 is 0 Å². The number of nitriles is 1. The van der Waals surface area contributed by atoms with Crippen LogP contribution in [0.25, 0.3) is 11.0 Å². The minimum absolute atomic E-state index is 0.587. The second-order valence-electron chi connectivity index (χ2n) is 7.30. The number of hydrogen-bond donors (Lipinski definition) is 0. The Balaban J connectivity index is 1.44. The van der Waals surface area contributed by atoms with Crippen LogP contribution in [0.2, 0.25) is 0 Å². The van der Waals surface area contributed by atoms with Gasteiger partial charge in [0.05, 0.1) is 5.56 Å². The van der Waals surface area contributed by atoms with Gasteiger partial charge in [-0.3, -0.25) is 4.90 Å². The Hall–Kier alpha value is -2.49. The highest BCUT2D eigenvalue weighted by molar-refractivity contribution is 7.11. The molecule has 27 heavy (non-hydrogen) atoms. The third kappa shape index (κ3) is 3.95. The maximum Gasteiger partial charge on any atom is 0.161 e. The molecular formula is C21H23N5S. The molecule has 4 rings (SSSR count). The first-order valence-electron chi connectivity index (χ1n) is 9.27. The fourth-order valence-corrected chi connectivity index (χ4v) is 4.77. The standard InChI is InChI=1S/C21H23N5S/c1-15-5-6-19(27-15)14-26-9-7-16(13-26)12-25(2)21-18(11-22)10-17-4-3-8-23-20(17)24-21/h3-6,8,10,16H,7,9,12-14H2,1-2H3. The Labute approximate surface area is 163 Å². The van der Waals surface area contributed by atoms with Gasteiger partial charge in [-0.1, -0.05) is 0 Å². The second kappa shape index (κ2) is 7.63. The van der Waals surface area contributed by atoms with Gasteiger partial charge in [0, 0.05) is 48.0 Å². The van der Waals surface area contributed by atoms with E-state index in [9.17, 15) is 5.26 Å². The second-order valence-corrected chi connectivity index (χ2v) is 8.68. The largest absolute Gasteiger partial charge is 0.358 e. The summed E-state index contributed by atoms with van der Waals surface area (Å²) in [7, 11) is 2.03. The molecule has 3 aromatic rings. The summed E-state index contributed by atoms with van der Waals surface area (Å²) < 4.78 is 0. The van der Waals surface area contributed by atoms with Crippen molar-refractivity contribution in [3.63, 3.8) is 0 Å². The zero-order valence-corrected chi connectivity index (χ0v) is 16.5. The molecule has 1 atom stereocenters. The molecule has 6 heteroatoms. The quantitative estimate of drug-likeness (QED) is 0.676. The van der Waals surface area contributed by atoms with E-state index in [2.05, 4.69) is 44.9 Å². The molecule has 0 radical (unpaired) electrons. The van der Waals surface area contributed by atoms with Crippen LogP contribution in [0.3, 0.4) is 0 Å². The van der Waals surface area contributed by atoms with Crippen molar-refractivity contribution in [3.05, 3.63) is 51.8 Å². The van der Waals surface area contributed by atoms with Gasteiger partial charge in [0.1, 0.15) is 11.9 Å². The lowest BCUT2D eigenvalue weighted by atomic mass is 10.1. The van der Waals surface area contributed by atoms with Crippen LogP contribution in [-0.2, 0) is 6.54 Å². The molecule has 0 spiro atoms. The van der Waals surface area contributed by atoms with E-state index in [1.54, 1.807) is 6.20 Å². The average molecular weight is 378 g/mol. The lowest BCUT2D eigenvalue weighted by molar-refractivity contribution is 0.320. The summed E-state index contributed by atoms with van der Waals surface area (Å²) >= 11 is 1.89. The van der Waals surface area contributed by atoms with Gasteiger partial charge in [0.15, 0.2) is 5.65 Å². The summed E-state index contributed by atoms with van der Waals surface area (Å²) in [4.78, 5) is 16.5. The topological polar surface area (TPSA) is 56.1 Å². The molecule has 0 aliphatic carbocycles. The van der Waals surface area contributed by atoms with Gasteiger partial charge in [-0.2, -0.15) is 5.26 Å². The smallest absolute Gasteiger partial charge is 0.161 e. The van der Waals surface area contributed by atoms with Gasteiger partial charge >= 0.3 is 0 Å². The molecule has 1 aliphatic heterocycles. The lowest BCUT2D eigenvalue weighted by Crippen LogP contribution is -2.29. The molecule has 1 aliphatic rings. The maximum atomic E-state index is 9.55. The molecule has 0 aromatic carbocycles. The number of likely N-dealkylation sites (tertiary alicyclic amines) is 1. The molecule has 0 bridgehead atoms. The summed E-state index contributed by atoms with van der Waals surface area (Å²) in [5.74, 6) is 1.32. The molecule has 5 nitrogen and oxygen atoms in total. The van der Waals surface area contributed by atoms with Crippen LogP contribution < -0.4 is 4.90 Å². The third-order valence-corrected chi connectivity index (χ3v) is 6.11. The molecule has 0 amide bonds. The van der Waals surface area contributed by atoms with Crippen molar-refractivity contribution < 1.29 is 0 Å². The zero-order valence-electron chi connectivity index (χ0n) is 15.7. The Morgan fingerprint density at radius 1 is 1.37 bits per heavy atom. The highest BCUT2D eigenvalue weighted by atomic mass is 32.1. The van der Waals surface area contributed by atoms with Crippen molar-refractivity contribution in [2.75, 3.05) is 31.6 Å². The molecular weight excluding hydrogens is 354 g/mol. The van der Waals surface area contributed by atoms with Crippen LogP contribution in [0.4, 0.5) is 5.82 Å². The average Bonchev–Trinajstić information content (AvgIpc) is 3.29. The zero-order chi connectivity index (χ0) is 18.8. The Kier molecular flexibility index (Phi) is 5.06. The van der Waals surface area contributed by atoms with Crippen molar-refractivity contribution in [2.24, 2.45) is 5.92 Å². The van der Waals surface area contributed by atoms with Crippen LogP contribution in [0.1, 0.15) is 21.7 Å². The highest BCUT2D eigenvalue weighted by Crippen LogP contribution is 2.26. The van der Waals surface area contributed by atoms with E-state index in [4.69, 9.17) is 0 Å². The van der Waals surface area contributed by atoms with Crippen LogP contribution in [-0.4, -0.2) is 41.5 Å². The fraction of sp³-hybridized carbons (Fsp3) is 0.381. The fourth-order valence-electron chi connectivity index (χ4n) is 3.84. The number of hydrogen-bond acceptors (Lipinski definition) is 6. The van der Waals surface area contributed by atoms with Crippen molar-refractivity contribution >= 4 is 28.2 Å². The summed E-state index contributed by atoms with van der Waals surface area (Å²) in [6.45, 7) is 6.33. The first-order valence-corrected chi connectivity index (χ1v) is 10.1. The van der Waals surface area contributed by atoms with E-state index in [1.807, 2.05) is 36.6 Å². The van der Waals surface area contributed by atoms with Gasteiger partial charge in [-0.25, -0.2) is 9.97 Å². The number of pyridine rings is 2. The Bertz CT molecular complexity index is 990. The SMILES string of the molecule is Cc1ccc(CN2CCC(CN(C)c3nc4ncccc4cc3C#N)C2)s1. The van der Waals surface area contributed by atoms with Crippen LogP contribution in [0.5, 0.6) is 0 Å². The van der Waals surface area contributed by atoms with Gasteiger partial charge in [0.2, 0.25) is 0 Å². The van der Waals surface area contributed by atoms with E-state index in [0.717, 1.165) is 37.4 Å². The van der Waals surface area contributed by atoms with Crippen molar-refractivity contribution in [1.29, 1.82) is 5.26 Å². The molecule has 1 fully saturated rings. The predicted octanol–water partition coefficient (Wildman–Crippen LogP) is 3.83. The number of rotatable bonds is 5. The molecule has 0 N–H and O–H groups in total. The van der Waals surface area contributed by atoms with Crippen LogP contribution >= 0.6 is 11.3 Å². The van der Waals surface area contributed by atoms with Crippen molar-refractivity contribution in [1.82, 2.24) is 14.9 Å². The van der Waals surface area contributed by atoms with E-state index >= 15 is 0 Å². The summed E-state index contributed by atoms with van der Waals surface area (Å²) in [5.41, 5.74) is 1.31. The monoisotopic (exact) mass is 377 g/mol. The summed E-state index contributed by atoms with van der Waals surface area (Å²) in [6.07, 6.45) is 2.93. The number of aryl methyl sites for hydroxylation is 1. The summed E-state index contributed by atoms with van der Waals surface area (Å²) in [5, 5.41) is 10.5. The minimum Gasteiger partial charge on any atom is -0.358 e. The maximum absolute atomic E-state index is 9.55. The van der Waals surface area contributed by atoms with Gasteiger partial charge < -0.3 is 4.90 Å². The number of thiophene rings is 1. The van der Waals surface area contributed by atoms with Crippen molar-refractivity contribution in [3.8, 4) is 6.07 Å². The minimum atomic E-state index is 0.587. The number of nitrogens with zero attached hydrogens (tertiary/aromatic N) is 5. The Morgan fingerprint density at radius 2 is 2.26 bits per heavy atom. The lowest BCUT2D eigenvalue weighted by Gasteiger charge is -2.23. The number of aromatic nitrogens is 2. The van der Waals surface area contributed by atoms with Gasteiger partial charge in [0.25, 0.3) is 0 Å². The van der Waals surface area contributed by atoms with Gasteiger partial charge in [-0.05, 0) is 56.1 Å². The molecule has 3 aromatic heterocycles. The van der Waals surface area contributed by atoms with Gasteiger partial charge in [-0.15, -0.1) is 11.3 Å². The molecule has 138 valence electrons. The summed E-state index contributed by atoms with van der Waals surface area (Å²) in [6, 6.07) is 12.4. The normalized spacial score (nSPS) is 17.3. The van der Waals surface area contributed by atoms with E-state index in [-0.39, 0.29) is 0 Å². The molecule has 1 unspecified atom stereocenters. The number of anilines is 1. The molecule has 0 saturated carbocycles. The Morgan fingerprint density at radius 3 is 3.04 bits per heavy atom. The first kappa shape index (κ1) is 17.9. The van der Waals surface area contributed by atoms with Crippen molar-refractivity contribution in [2.45, 2.75) is 19.9 Å². The highest BCUT2D eigenvalue weighted by Gasteiger charge is 2.25. The third-order valence-electron chi connectivity index (χ3n) is 5.13. The van der Waals surface area contributed by atoms with E-state index in [1.165, 1.54) is 16.2 Å². The van der Waals surface area contributed by atoms with Crippen LogP contribution in [0.15, 0.2) is 36.5 Å². The van der Waals surface area contributed by atoms with E-state index in [0.29, 0.717) is 17.1 Å². The molecule has 4 heterocycles. The number of fused-ring (bicyclic) bond motifs is 1.